The van der Waals surface area contributed by atoms with Crippen molar-refractivity contribution in [1.82, 2.24) is 4.90 Å². The second-order valence-electron chi connectivity index (χ2n) is 7.85. The van der Waals surface area contributed by atoms with Crippen LogP contribution in [0.15, 0.2) is 0 Å². The van der Waals surface area contributed by atoms with Gasteiger partial charge in [0.05, 0.1) is 12.7 Å². The number of likely N-dealkylation sites (tertiary alicyclic amines) is 1. The summed E-state index contributed by atoms with van der Waals surface area (Å²) in [6.45, 7) is 2.25. The van der Waals surface area contributed by atoms with Crippen LogP contribution in [0.5, 0.6) is 0 Å². The molecule has 1 aliphatic carbocycles. The van der Waals surface area contributed by atoms with Crippen LogP contribution in [-0.4, -0.2) is 59.9 Å². The number of fused-ring (bicyclic) bond motifs is 1. The lowest BCUT2D eigenvalue weighted by molar-refractivity contribution is -0.151. The van der Waals surface area contributed by atoms with Gasteiger partial charge in [-0.25, -0.2) is 4.79 Å². The van der Waals surface area contributed by atoms with Gasteiger partial charge < -0.3 is 19.5 Å². The molecule has 6 heteroatoms. The summed E-state index contributed by atoms with van der Waals surface area (Å²) in [6.07, 6.45) is 6.01. The molecular weight excluding hydrogens is 310 g/mol. The third kappa shape index (κ3) is 2.94. The second kappa shape index (κ2) is 6.64. The lowest BCUT2D eigenvalue weighted by Crippen LogP contribution is -2.47. The van der Waals surface area contributed by atoms with E-state index < -0.39 is 12.1 Å². The van der Waals surface area contributed by atoms with Crippen molar-refractivity contribution in [2.45, 2.75) is 63.3 Å². The average Bonchev–Trinajstić information content (AvgIpc) is 3.30. The molecule has 0 aromatic heterocycles. The fourth-order valence-electron chi connectivity index (χ4n) is 5.14. The molecule has 0 bridgehead atoms. The van der Waals surface area contributed by atoms with Crippen LogP contribution in [-0.2, 0) is 19.1 Å². The number of piperidine rings is 1. The summed E-state index contributed by atoms with van der Waals surface area (Å²) < 4.78 is 11.5. The van der Waals surface area contributed by atoms with E-state index in [0.717, 1.165) is 45.4 Å². The second-order valence-corrected chi connectivity index (χ2v) is 7.85. The fraction of sp³-hybridized carbons (Fsp3) is 0.889. The number of carbonyl (C=O) groups excluding carboxylic acids is 1. The van der Waals surface area contributed by atoms with Crippen LogP contribution in [0.25, 0.3) is 0 Å². The molecule has 134 valence electrons. The van der Waals surface area contributed by atoms with E-state index in [0.29, 0.717) is 24.2 Å². The van der Waals surface area contributed by atoms with Crippen molar-refractivity contribution in [3.8, 4) is 0 Å². The lowest BCUT2D eigenvalue weighted by Gasteiger charge is -2.36. The highest BCUT2D eigenvalue weighted by atomic mass is 16.5. The molecule has 4 rings (SSSR count). The van der Waals surface area contributed by atoms with Crippen molar-refractivity contribution < 1.29 is 24.2 Å². The maximum absolute atomic E-state index is 12.8. The minimum absolute atomic E-state index is 0.0466. The average molecular weight is 337 g/mol. The van der Waals surface area contributed by atoms with Crippen LogP contribution in [0, 0.1) is 17.8 Å². The van der Waals surface area contributed by atoms with Crippen molar-refractivity contribution in [3.63, 3.8) is 0 Å². The molecule has 0 aromatic carbocycles. The molecule has 1 amide bonds. The van der Waals surface area contributed by atoms with Gasteiger partial charge in [0.1, 0.15) is 6.10 Å². The van der Waals surface area contributed by atoms with E-state index in [1.54, 1.807) is 0 Å². The Morgan fingerprint density at radius 1 is 0.958 bits per heavy atom. The minimum Gasteiger partial charge on any atom is -0.479 e. The number of ether oxygens (including phenoxy) is 2. The maximum Gasteiger partial charge on any atom is 0.332 e. The molecule has 3 saturated heterocycles. The zero-order valence-electron chi connectivity index (χ0n) is 14.1. The Kier molecular flexibility index (Phi) is 4.52. The Bertz CT molecular complexity index is 502. The van der Waals surface area contributed by atoms with Gasteiger partial charge in [0.15, 0.2) is 6.10 Å². The molecule has 1 N–H and O–H groups in total. The van der Waals surface area contributed by atoms with Crippen LogP contribution < -0.4 is 0 Å². The van der Waals surface area contributed by atoms with Gasteiger partial charge in [-0.3, -0.25) is 4.79 Å². The number of amides is 1. The fourth-order valence-corrected chi connectivity index (χ4v) is 5.14. The first kappa shape index (κ1) is 16.3. The SMILES string of the molecule is O=C(O)[C@@H]1CC[C@H](C2CCN(C(=O)[C@@H]3OC[C@@H]4CCC[C@@H]43)CC2)O1. The number of nitrogens with zero attached hydrogens (tertiary/aromatic N) is 1. The predicted octanol–water partition coefficient (Wildman–Crippen LogP) is 1.67. The number of hydrogen-bond donors (Lipinski definition) is 1. The predicted molar refractivity (Wildman–Crippen MR) is 85.4 cm³/mol. The number of aliphatic carboxylic acids is 1. The van der Waals surface area contributed by atoms with Gasteiger partial charge >= 0.3 is 5.97 Å². The standard InChI is InChI=1S/C18H27NO5/c20-17(16-13-3-1-2-12(13)10-23-16)19-8-6-11(7-9-19)14-4-5-15(24-14)18(21)22/h11-16H,1-10H2,(H,21,22)/t12-,13-,14+,15-,16+/m0/s1. The molecule has 3 heterocycles. The van der Waals surface area contributed by atoms with Crippen LogP contribution in [0.2, 0.25) is 0 Å². The van der Waals surface area contributed by atoms with Gasteiger partial charge in [-0.05, 0) is 56.3 Å². The van der Waals surface area contributed by atoms with Gasteiger partial charge in [0, 0.05) is 13.1 Å². The van der Waals surface area contributed by atoms with Gasteiger partial charge in [-0.1, -0.05) is 6.42 Å². The molecule has 0 spiro atoms. The Morgan fingerprint density at radius 3 is 2.46 bits per heavy atom. The zero-order chi connectivity index (χ0) is 16.7. The van der Waals surface area contributed by atoms with E-state index in [4.69, 9.17) is 14.6 Å². The summed E-state index contributed by atoms with van der Waals surface area (Å²) in [5.74, 6) is 0.733. The van der Waals surface area contributed by atoms with Crippen molar-refractivity contribution >= 4 is 11.9 Å². The van der Waals surface area contributed by atoms with Crippen LogP contribution in [0.1, 0.15) is 44.9 Å². The number of hydrogen-bond acceptors (Lipinski definition) is 4. The van der Waals surface area contributed by atoms with Crippen molar-refractivity contribution in [1.29, 1.82) is 0 Å². The molecule has 24 heavy (non-hydrogen) atoms. The molecule has 4 aliphatic rings. The number of carboxylic acids is 1. The van der Waals surface area contributed by atoms with Gasteiger partial charge in [-0.2, -0.15) is 0 Å². The monoisotopic (exact) mass is 337 g/mol. The summed E-state index contributed by atoms with van der Waals surface area (Å²) in [4.78, 5) is 25.8. The topological polar surface area (TPSA) is 76.1 Å². The van der Waals surface area contributed by atoms with Gasteiger partial charge in [0.2, 0.25) is 0 Å². The highest BCUT2D eigenvalue weighted by Gasteiger charge is 2.46. The third-order valence-electron chi connectivity index (χ3n) is 6.54. The van der Waals surface area contributed by atoms with Gasteiger partial charge in [-0.15, -0.1) is 0 Å². The molecular formula is C18H27NO5. The summed E-state index contributed by atoms with van der Waals surface area (Å²) in [6, 6.07) is 0. The number of rotatable bonds is 3. The molecule has 0 unspecified atom stereocenters. The zero-order valence-corrected chi connectivity index (χ0v) is 14.1. The summed E-state index contributed by atoms with van der Waals surface area (Å²) in [5.41, 5.74) is 0. The van der Waals surface area contributed by atoms with E-state index in [9.17, 15) is 9.59 Å². The van der Waals surface area contributed by atoms with Crippen LogP contribution >= 0.6 is 0 Å². The first-order chi connectivity index (χ1) is 11.6. The van der Waals surface area contributed by atoms with Crippen LogP contribution in [0.3, 0.4) is 0 Å². The van der Waals surface area contributed by atoms with E-state index in [2.05, 4.69) is 0 Å². The third-order valence-corrected chi connectivity index (χ3v) is 6.54. The Morgan fingerprint density at radius 2 is 1.75 bits per heavy atom. The Labute approximate surface area is 142 Å². The van der Waals surface area contributed by atoms with E-state index in [1.165, 1.54) is 12.8 Å². The molecule has 4 fully saturated rings. The van der Waals surface area contributed by atoms with Gasteiger partial charge in [0.25, 0.3) is 5.91 Å². The van der Waals surface area contributed by atoms with Crippen molar-refractivity contribution in [3.05, 3.63) is 0 Å². The maximum atomic E-state index is 12.8. The molecule has 6 nitrogen and oxygen atoms in total. The molecule has 1 saturated carbocycles. The minimum atomic E-state index is -0.852. The Balaban J connectivity index is 1.29. The number of carbonyl (C=O) groups is 2. The van der Waals surface area contributed by atoms with Crippen molar-refractivity contribution in [2.75, 3.05) is 19.7 Å². The highest BCUT2D eigenvalue weighted by Crippen LogP contribution is 2.41. The molecule has 5 atom stereocenters. The highest BCUT2D eigenvalue weighted by molar-refractivity contribution is 5.81. The summed E-state index contributed by atoms with van der Waals surface area (Å²) in [5, 5.41) is 9.05. The normalized spacial score (nSPS) is 40.0. The van der Waals surface area contributed by atoms with E-state index >= 15 is 0 Å². The first-order valence-electron chi connectivity index (χ1n) is 9.42. The summed E-state index contributed by atoms with van der Waals surface area (Å²) >= 11 is 0. The van der Waals surface area contributed by atoms with E-state index in [-0.39, 0.29) is 18.1 Å². The largest absolute Gasteiger partial charge is 0.479 e. The molecule has 0 aromatic rings. The van der Waals surface area contributed by atoms with Crippen molar-refractivity contribution in [2.24, 2.45) is 17.8 Å². The first-order valence-corrected chi connectivity index (χ1v) is 9.42. The van der Waals surface area contributed by atoms with E-state index in [1.807, 2.05) is 4.90 Å². The Hall–Kier alpha value is -1.14. The molecule has 3 aliphatic heterocycles. The number of carboxylic acid groups (broad SMARTS) is 1. The quantitative estimate of drug-likeness (QED) is 0.848. The lowest BCUT2D eigenvalue weighted by atomic mass is 9.88. The summed E-state index contributed by atoms with van der Waals surface area (Å²) in [7, 11) is 0. The molecule has 0 radical (unpaired) electrons. The smallest absolute Gasteiger partial charge is 0.332 e. The van der Waals surface area contributed by atoms with Crippen LogP contribution in [0.4, 0.5) is 0 Å².